The van der Waals surface area contributed by atoms with Gasteiger partial charge in [0.15, 0.2) is 0 Å². The van der Waals surface area contributed by atoms with E-state index in [-0.39, 0.29) is 49.5 Å². The first kappa shape index (κ1) is 48.3. The zero-order chi connectivity index (χ0) is 47.2. The van der Waals surface area contributed by atoms with Gasteiger partial charge in [-0.05, 0) is 65.8 Å². The summed E-state index contributed by atoms with van der Waals surface area (Å²) in [5.41, 5.74) is 8.91. The van der Waals surface area contributed by atoms with Crippen molar-refractivity contribution in [3.8, 4) is 11.5 Å². The monoisotopic (exact) mass is 895 g/mol. The molecule has 3 aromatic carbocycles. The normalized spacial score (nSPS) is 14.0. The lowest BCUT2D eigenvalue weighted by molar-refractivity contribution is -0.142. The minimum Gasteiger partial charge on any atom is -0.508 e. The molecule has 6 atom stereocenters. The van der Waals surface area contributed by atoms with Crippen LogP contribution in [0.4, 0.5) is 0 Å². The number of aromatic amines is 2. The highest BCUT2D eigenvalue weighted by Crippen LogP contribution is 2.20. The summed E-state index contributed by atoms with van der Waals surface area (Å²) in [6.45, 7) is 3.59. The highest BCUT2D eigenvalue weighted by atomic mass is 16.4. The van der Waals surface area contributed by atoms with Crippen LogP contribution < -0.4 is 32.3 Å². The molecular weight excluding hydrogens is 843 g/mol. The van der Waals surface area contributed by atoms with Gasteiger partial charge in [-0.2, -0.15) is 0 Å². The molecule has 5 aromatic rings. The molecule has 0 bridgehead atoms. The number of carbonyl (C=O) groups is 7. The van der Waals surface area contributed by atoms with Gasteiger partial charge in [0.05, 0.1) is 18.8 Å². The lowest BCUT2D eigenvalue weighted by atomic mass is 10.00. The highest BCUT2D eigenvalue weighted by molar-refractivity contribution is 5.98. The van der Waals surface area contributed by atoms with Gasteiger partial charge in [0.1, 0.15) is 41.7 Å². The fourth-order valence-corrected chi connectivity index (χ4v) is 7.06. The van der Waals surface area contributed by atoms with Crippen molar-refractivity contribution < 1.29 is 54.0 Å². The van der Waals surface area contributed by atoms with Gasteiger partial charge in [0.25, 0.3) is 0 Å². The summed E-state index contributed by atoms with van der Waals surface area (Å²) >= 11 is 0. The molecule has 20 nitrogen and oxygen atoms in total. The number of fused-ring (bicyclic) bond motifs is 1. The summed E-state index contributed by atoms with van der Waals surface area (Å²) in [6.07, 6.45) is 3.09. The van der Waals surface area contributed by atoms with E-state index < -0.39 is 84.1 Å². The lowest BCUT2D eigenvalue weighted by Gasteiger charge is -2.27. The van der Waals surface area contributed by atoms with Crippen molar-refractivity contribution in [1.29, 1.82) is 0 Å². The number of carboxylic acid groups (broad SMARTS) is 2. The number of phenols is 2. The van der Waals surface area contributed by atoms with Crippen molar-refractivity contribution >= 4 is 52.4 Å². The Labute approximate surface area is 372 Å². The summed E-state index contributed by atoms with van der Waals surface area (Å²) in [5, 5.41) is 52.5. The molecule has 0 aliphatic carbocycles. The fourth-order valence-electron chi connectivity index (χ4n) is 7.06. The quantitative estimate of drug-likeness (QED) is 0.0435. The minimum absolute atomic E-state index is 0.00267. The van der Waals surface area contributed by atoms with Gasteiger partial charge in [-0.3, -0.25) is 28.8 Å². The molecule has 2 aromatic heterocycles. The van der Waals surface area contributed by atoms with Crippen molar-refractivity contribution in [2.24, 2.45) is 11.7 Å². The van der Waals surface area contributed by atoms with Crippen molar-refractivity contribution in [1.82, 2.24) is 41.5 Å². The van der Waals surface area contributed by atoms with Gasteiger partial charge in [-0.15, -0.1) is 0 Å². The van der Waals surface area contributed by atoms with E-state index >= 15 is 0 Å². The minimum atomic E-state index is -1.70. The van der Waals surface area contributed by atoms with Gasteiger partial charge >= 0.3 is 11.9 Å². The van der Waals surface area contributed by atoms with Crippen LogP contribution in [0.15, 0.2) is 91.5 Å². The van der Waals surface area contributed by atoms with E-state index in [0.29, 0.717) is 33.3 Å². The number of carboxylic acids is 2. The lowest BCUT2D eigenvalue weighted by Crippen LogP contribution is -2.60. The van der Waals surface area contributed by atoms with E-state index in [0.717, 1.165) is 0 Å². The summed E-state index contributed by atoms with van der Waals surface area (Å²) in [5.74, 6) is -7.41. The van der Waals surface area contributed by atoms with Crippen LogP contribution in [0.1, 0.15) is 49.1 Å². The first-order valence-electron chi connectivity index (χ1n) is 20.8. The Hall–Kier alpha value is -7.74. The number of imidazole rings is 1. The molecule has 0 fully saturated rings. The number of nitrogens with two attached hydrogens (primary N) is 1. The molecule has 65 heavy (non-hydrogen) atoms. The summed E-state index contributed by atoms with van der Waals surface area (Å²) in [7, 11) is 0. The van der Waals surface area contributed by atoms with Crippen LogP contribution in [-0.2, 0) is 59.2 Å². The van der Waals surface area contributed by atoms with Crippen LogP contribution in [-0.4, -0.2) is 113 Å². The Morgan fingerprint density at radius 1 is 0.615 bits per heavy atom. The number of hydrogen-bond acceptors (Lipinski definition) is 11. The number of hydrogen-bond donors (Lipinski definition) is 12. The molecule has 5 amide bonds. The predicted octanol–water partition coefficient (Wildman–Crippen LogP) is 0.930. The molecule has 0 spiro atoms. The maximum absolute atomic E-state index is 14.5. The molecule has 0 unspecified atom stereocenters. The van der Waals surface area contributed by atoms with Gasteiger partial charge in [-0.25, -0.2) is 9.78 Å². The number of aromatic hydroxyl groups is 2. The SMILES string of the molecule is CC(C)C[C@H](NC(=O)[C@H](Cc1cnc[nH]1)NC(=O)[C@H](Cc1c[nH]c2ccccc12)NC(=O)[C@H](CC(=O)O)NC(=O)[C@@H](N)Cc1ccc(O)cc1)C(=O)N[C@@H](Cc1ccc(O)cc1)C(=O)O. The Balaban J connectivity index is 1.39. The van der Waals surface area contributed by atoms with Crippen LogP contribution in [0, 0.1) is 5.92 Å². The standard InChI is InChI=1S/C45H53N9O11/c1-24(2)15-34(41(60)54-38(45(64)65)17-26-9-13-30(56)14-10-26)51-43(62)36(19-28-22-47-23-49-28)53-42(61)35(18-27-21-48-33-6-4-3-5-31(27)33)52-44(63)37(20-39(57)58)50-40(59)32(46)16-25-7-11-29(55)12-8-25/h3-14,21-24,32,34-38,48,55-56H,15-20,46H2,1-2H3,(H,47,49)(H,50,59)(H,51,62)(H,52,63)(H,53,61)(H,54,60)(H,57,58)(H,64,65)/t32-,34-,35-,36-,37-,38-/m0/s1. The molecule has 13 N–H and O–H groups in total. The maximum atomic E-state index is 14.5. The second kappa shape index (κ2) is 22.6. The molecule has 20 heteroatoms. The fraction of sp³-hybridized carbons (Fsp3) is 0.333. The summed E-state index contributed by atoms with van der Waals surface area (Å²) in [6, 6.07) is 10.3. The molecule has 2 heterocycles. The molecular formula is C45H53N9O11. The molecule has 5 rings (SSSR count). The Kier molecular flexibility index (Phi) is 16.8. The van der Waals surface area contributed by atoms with Crippen LogP contribution in [0.3, 0.4) is 0 Å². The Morgan fingerprint density at radius 3 is 1.71 bits per heavy atom. The number of carbonyl (C=O) groups excluding carboxylic acids is 5. The number of aliphatic carboxylic acids is 2. The van der Waals surface area contributed by atoms with Gasteiger partial charge in [0.2, 0.25) is 29.5 Å². The molecule has 0 aliphatic heterocycles. The zero-order valence-electron chi connectivity index (χ0n) is 35.6. The number of nitrogens with one attached hydrogen (secondary N) is 7. The van der Waals surface area contributed by atoms with E-state index in [1.165, 1.54) is 48.9 Å². The van der Waals surface area contributed by atoms with Crippen LogP contribution in [0.2, 0.25) is 0 Å². The van der Waals surface area contributed by atoms with E-state index in [9.17, 15) is 54.0 Å². The van der Waals surface area contributed by atoms with Gasteiger partial charge < -0.3 is 62.7 Å². The Morgan fingerprint density at radius 2 is 1.14 bits per heavy atom. The molecule has 0 saturated carbocycles. The van der Waals surface area contributed by atoms with Crippen molar-refractivity contribution in [3.63, 3.8) is 0 Å². The third-order valence-electron chi connectivity index (χ3n) is 10.4. The largest absolute Gasteiger partial charge is 0.508 e. The third-order valence-corrected chi connectivity index (χ3v) is 10.4. The van der Waals surface area contributed by atoms with Gasteiger partial charge in [-0.1, -0.05) is 56.3 Å². The zero-order valence-corrected chi connectivity index (χ0v) is 35.6. The smallest absolute Gasteiger partial charge is 0.326 e. The number of rotatable bonds is 23. The summed E-state index contributed by atoms with van der Waals surface area (Å²) in [4.78, 5) is 104. The molecule has 0 saturated heterocycles. The van der Waals surface area contributed by atoms with Crippen LogP contribution in [0.25, 0.3) is 10.9 Å². The number of H-pyrrole nitrogens is 2. The molecule has 0 radical (unpaired) electrons. The average molecular weight is 896 g/mol. The predicted molar refractivity (Wildman–Crippen MR) is 235 cm³/mol. The van der Waals surface area contributed by atoms with E-state index in [4.69, 9.17) is 5.73 Å². The number of benzene rings is 3. The van der Waals surface area contributed by atoms with Crippen LogP contribution >= 0.6 is 0 Å². The topological polar surface area (TPSA) is 331 Å². The number of phenolic OH excluding ortho intramolecular Hbond substituents is 2. The Bertz CT molecular complexity index is 2440. The maximum Gasteiger partial charge on any atom is 0.326 e. The van der Waals surface area contributed by atoms with E-state index in [2.05, 4.69) is 41.5 Å². The third kappa shape index (κ3) is 14.4. The van der Waals surface area contributed by atoms with Crippen LogP contribution in [0.5, 0.6) is 11.5 Å². The molecule has 0 aliphatic rings. The van der Waals surface area contributed by atoms with Crippen molar-refractivity contribution in [2.75, 3.05) is 0 Å². The van der Waals surface area contributed by atoms with E-state index in [1.807, 2.05) is 0 Å². The first-order chi connectivity index (χ1) is 30.9. The van der Waals surface area contributed by atoms with Crippen molar-refractivity contribution in [2.45, 2.75) is 88.6 Å². The van der Waals surface area contributed by atoms with Crippen molar-refractivity contribution in [3.05, 3.63) is 114 Å². The highest BCUT2D eigenvalue weighted by Gasteiger charge is 2.34. The second-order valence-corrected chi connectivity index (χ2v) is 16.1. The molecule has 344 valence electrons. The number of aromatic nitrogens is 3. The first-order valence-corrected chi connectivity index (χ1v) is 20.8. The number of amides is 5. The van der Waals surface area contributed by atoms with Gasteiger partial charge in [0, 0.05) is 48.3 Å². The number of para-hydroxylation sites is 1. The second-order valence-electron chi connectivity index (χ2n) is 16.1. The van der Waals surface area contributed by atoms with E-state index in [1.54, 1.807) is 56.4 Å². The summed E-state index contributed by atoms with van der Waals surface area (Å²) < 4.78 is 0. The average Bonchev–Trinajstić information content (AvgIpc) is 3.93. The number of nitrogens with zero attached hydrogens (tertiary/aromatic N) is 1.